The van der Waals surface area contributed by atoms with Crippen molar-refractivity contribution in [3.8, 4) is 0 Å². The third-order valence-electron chi connectivity index (χ3n) is 8.20. The molecule has 0 saturated heterocycles. The second-order valence-corrected chi connectivity index (χ2v) is 13.5. The summed E-state index contributed by atoms with van der Waals surface area (Å²) in [5.74, 6) is -1.96. The second kappa shape index (κ2) is 16.4. The van der Waals surface area contributed by atoms with Gasteiger partial charge in [-0.1, -0.05) is 60.1 Å². The fraction of sp³-hybridized carbons (Fsp3) is 0.324. The van der Waals surface area contributed by atoms with Crippen molar-refractivity contribution in [2.75, 3.05) is 25.1 Å². The topological polar surface area (TPSA) is 166 Å². The minimum Gasteiger partial charge on any atom is -0.370 e. The van der Waals surface area contributed by atoms with Gasteiger partial charge in [0.2, 0.25) is 23.6 Å². The number of fused-ring (bicyclic) bond motifs is 3. The third kappa shape index (κ3) is 8.84. The average molecular weight is 726 g/mol. The van der Waals surface area contributed by atoms with Gasteiger partial charge >= 0.3 is 0 Å². The SMILES string of the molecule is CCCN1N[C@@H](CCC(N)=O)C(=O)NCC(=O)N(C)[C@@H](Cc2c[nH]c3ccccc23)C(=O)NCc2cc(Cl)cc(Cl)c2Sc2ncccc21. The van der Waals surface area contributed by atoms with E-state index >= 15 is 0 Å². The molecule has 6 N–H and O–H groups in total. The van der Waals surface area contributed by atoms with Crippen molar-refractivity contribution >= 4 is 75.2 Å². The van der Waals surface area contributed by atoms with Crippen LogP contribution in [-0.2, 0) is 32.1 Å². The maximum atomic E-state index is 14.0. The smallest absolute Gasteiger partial charge is 0.243 e. The van der Waals surface area contributed by atoms with Crippen LogP contribution in [0.3, 0.4) is 0 Å². The van der Waals surface area contributed by atoms with Crippen LogP contribution in [0.4, 0.5) is 5.69 Å². The molecule has 2 atom stereocenters. The van der Waals surface area contributed by atoms with E-state index in [1.165, 1.54) is 23.7 Å². The molecule has 5 rings (SSSR count). The van der Waals surface area contributed by atoms with Crippen LogP contribution in [0.5, 0.6) is 0 Å². The number of nitrogens with two attached hydrogens (primary N) is 1. The zero-order valence-electron chi connectivity index (χ0n) is 27.1. The van der Waals surface area contributed by atoms with Crippen LogP contribution in [0.15, 0.2) is 70.8 Å². The number of likely N-dealkylation sites (N-methyl/N-ethyl adjacent to an activating group) is 1. The van der Waals surface area contributed by atoms with E-state index < -0.39 is 35.7 Å². The van der Waals surface area contributed by atoms with E-state index in [0.717, 1.165) is 16.5 Å². The molecule has 0 spiro atoms. The molecule has 2 aromatic carbocycles. The van der Waals surface area contributed by atoms with Gasteiger partial charge in [0.25, 0.3) is 0 Å². The van der Waals surface area contributed by atoms with Crippen molar-refractivity contribution in [3.05, 3.63) is 82.1 Å². The first-order valence-corrected chi connectivity index (χ1v) is 17.4. The molecule has 0 saturated carbocycles. The Bertz CT molecular complexity index is 1850. The van der Waals surface area contributed by atoms with Crippen LogP contribution in [0.25, 0.3) is 10.9 Å². The Kier molecular flexibility index (Phi) is 12.0. The van der Waals surface area contributed by atoms with Gasteiger partial charge in [-0.2, -0.15) is 0 Å². The van der Waals surface area contributed by atoms with Crippen molar-refractivity contribution in [1.82, 2.24) is 30.9 Å². The number of nitrogens with one attached hydrogen (secondary N) is 4. The lowest BCUT2D eigenvalue weighted by Crippen LogP contribution is -2.55. The van der Waals surface area contributed by atoms with Gasteiger partial charge in [0, 0.05) is 66.2 Å². The lowest BCUT2D eigenvalue weighted by atomic mass is 10.0. The quantitative estimate of drug-likeness (QED) is 0.189. The molecule has 1 aliphatic rings. The Labute approximate surface area is 298 Å². The van der Waals surface area contributed by atoms with Gasteiger partial charge in [0.05, 0.1) is 17.3 Å². The summed E-state index contributed by atoms with van der Waals surface area (Å²) < 4.78 is 0. The van der Waals surface area contributed by atoms with Gasteiger partial charge in [0.15, 0.2) is 0 Å². The van der Waals surface area contributed by atoms with Crippen LogP contribution < -0.4 is 26.8 Å². The number of carbonyl (C=O) groups is 4. The summed E-state index contributed by atoms with van der Waals surface area (Å²) in [6, 6.07) is 12.8. The Morgan fingerprint density at radius 1 is 1.06 bits per heavy atom. The summed E-state index contributed by atoms with van der Waals surface area (Å²) in [5.41, 5.74) is 11.8. The standard InChI is InChI=1S/C34H38Cl2N8O4S/c1-3-13-44-27-9-6-12-38-34(27)49-31-21(14-22(35)16-24(31)36)18-40-33(48)28(15-20-17-39-25-8-5-4-7-23(20)25)43(2)30(46)19-41-32(47)26(42-44)10-11-29(37)45/h4-9,12,14,16-17,26,28,39,42H,3,10-11,13,15,18-19H2,1-2H3,(H2,37,45)(H,40,48)(H,41,47)/t26-,28-/m0/s1. The van der Waals surface area contributed by atoms with Crippen molar-refractivity contribution < 1.29 is 19.2 Å². The number of nitrogens with zero attached hydrogens (tertiary/aromatic N) is 3. The minimum absolute atomic E-state index is 0.0653. The van der Waals surface area contributed by atoms with Gasteiger partial charge in [-0.25, -0.2) is 10.4 Å². The first-order chi connectivity index (χ1) is 23.5. The summed E-state index contributed by atoms with van der Waals surface area (Å²) in [4.78, 5) is 62.8. The van der Waals surface area contributed by atoms with E-state index in [4.69, 9.17) is 28.9 Å². The number of primary amides is 1. The number of anilines is 1. The van der Waals surface area contributed by atoms with Gasteiger partial charge in [0.1, 0.15) is 17.1 Å². The predicted molar refractivity (Wildman–Crippen MR) is 191 cm³/mol. The van der Waals surface area contributed by atoms with Crippen LogP contribution in [-0.4, -0.2) is 70.7 Å². The van der Waals surface area contributed by atoms with Crippen molar-refractivity contribution in [2.45, 2.75) is 61.2 Å². The van der Waals surface area contributed by atoms with Gasteiger partial charge in [-0.05, 0) is 54.3 Å². The molecule has 0 aliphatic carbocycles. The maximum Gasteiger partial charge on any atom is 0.243 e. The molecule has 1 aliphatic heterocycles. The molecule has 0 radical (unpaired) electrons. The number of hydrogen-bond acceptors (Lipinski definition) is 8. The number of para-hydroxylation sites is 1. The molecule has 2 aromatic heterocycles. The Morgan fingerprint density at radius 2 is 1.84 bits per heavy atom. The van der Waals surface area contributed by atoms with Crippen molar-refractivity contribution in [1.29, 1.82) is 0 Å². The van der Waals surface area contributed by atoms with Gasteiger partial charge in [-0.3, -0.25) is 19.2 Å². The molecule has 258 valence electrons. The molecule has 0 unspecified atom stereocenters. The Hall–Kier alpha value is -4.30. The molecule has 4 aromatic rings. The largest absolute Gasteiger partial charge is 0.370 e. The van der Waals surface area contributed by atoms with E-state index in [0.29, 0.717) is 44.2 Å². The number of halogens is 2. The normalized spacial score (nSPS) is 18.0. The molecule has 49 heavy (non-hydrogen) atoms. The highest BCUT2D eigenvalue weighted by atomic mass is 35.5. The number of hydrogen-bond donors (Lipinski definition) is 5. The summed E-state index contributed by atoms with van der Waals surface area (Å²) in [6.07, 6.45) is 4.40. The molecule has 0 bridgehead atoms. The number of aromatic amines is 1. The number of pyridine rings is 1. The first-order valence-electron chi connectivity index (χ1n) is 15.8. The van der Waals surface area contributed by atoms with Crippen LogP contribution in [0.2, 0.25) is 10.0 Å². The average Bonchev–Trinajstić information content (AvgIpc) is 3.49. The second-order valence-electron chi connectivity index (χ2n) is 11.7. The number of carbonyl (C=O) groups excluding carboxylic acids is 4. The summed E-state index contributed by atoms with van der Waals surface area (Å²) in [7, 11) is 1.54. The number of benzene rings is 2. The molecular weight excluding hydrogens is 687 g/mol. The van der Waals surface area contributed by atoms with Crippen LogP contribution in [0, 0.1) is 0 Å². The molecule has 4 amide bonds. The van der Waals surface area contributed by atoms with Gasteiger partial charge < -0.3 is 31.3 Å². The van der Waals surface area contributed by atoms with E-state index in [1.807, 2.05) is 43.5 Å². The minimum atomic E-state index is -0.934. The molecule has 15 heteroatoms. The van der Waals surface area contributed by atoms with Crippen molar-refractivity contribution in [2.24, 2.45) is 5.73 Å². The summed E-state index contributed by atoms with van der Waals surface area (Å²) >= 11 is 14.5. The van der Waals surface area contributed by atoms with Crippen molar-refractivity contribution in [3.63, 3.8) is 0 Å². The fourth-order valence-corrected chi connectivity index (χ4v) is 7.29. The number of aromatic nitrogens is 2. The Morgan fingerprint density at radius 3 is 2.61 bits per heavy atom. The Balaban J connectivity index is 1.57. The number of H-pyrrole nitrogens is 1. The summed E-state index contributed by atoms with van der Waals surface area (Å²) in [6.45, 7) is 2.16. The van der Waals surface area contributed by atoms with E-state index in [9.17, 15) is 19.2 Å². The molecular formula is C34H38Cl2N8O4S. The number of hydrazine groups is 1. The zero-order chi connectivity index (χ0) is 35.1. The maximum absolute atomic E-state index is 14.0. The number of rotatable bonds is 7. The lowest BCUT2D eigenvalue weighted by Gasteiger charge is -2.31. The lowest BCUT2D eigenvalue weighted by molar-refractivity contribution is -0.139. The van der Waals surface area contributed by atoms with Gasteiger partial charge in [-0.15, -0.1) is 0 Å². The zero-order valence-corrected chi connectivity index (χ0v) is 29.4. The highest BCUT2D eigenvalue weighted by Gasteiger charge is 2.30. The fourth-order valence-electron chi connectivity index (χ4n) is 5.63. The number of amides is 4. The summed E-state index contributed by atoms with van der Waals surface area (Å²) in [5, 5.41) is 9.77. The van der Waals surface area contributed by atoms with Crippen LogP contribution in [0.1, 0.15) is 37.3 Å². The van der Waals surface area contributed by atoms with Crippen LogP contribution >= 0.6 is 35.0 Å². The van der Waals surface area contributed by atoms with E-state index in [1.54, 1.807) is 29.4 Å². The van der Waals surface area contributed by atoms with E-state index in [2.05, 4.69) is 26.0 Å². The van der Waals surface area contributed by atoms with E-state index in [-0.39, 0.29) is 32.4 Å². The predicted octanol–water partition coefficient (Wildman–Crippen LogP) is 4.19. The third-order valence-corrected chi connectivity index (χ3v) is 10.0. The highest BCUT2D eigenvalue weighted by Crippen LogP contribution is 2.40. The highest BCUT2D eigenvalue weighted by molar-refractivity contribution is 7.99. The first kappa shape index (κ1) is 36.0. The molecule has 0 fully saturated rings. The molecule has 12 nitrogen and oxygen atoms in total. The molecule has 3 heterocycles. The monoisotopic (exact) mass is 724 g/mol.